The van der Waals surface area contributed by atoms with E-state index in [1.54, 1.807) is 10.7 Å². The summed E-state index contributed by atoms with van der Waals surface area (Å²) in [6.07, 6.45) is 2.29. The van der Waals surface area contributed by atoms with Crippen molar-refractivity contribution in [1.29, 1.82) is 0 Å². The summed E-state index contributed by atoms with van der Waals surface area (Å²) in [6.45, 7) is 3.32. The highest BCUT2D eigenvalue weighted by Gasteiger charge is 2.21. The molecule has 1 N–H and O–H groups in total. The number of rotatable bonds is 4. The maximum absolute atomic E-state index is 12.4. The Morgan fingerprint density at radius 1 is 1.39 bits per heavy atom. The Bertz CT molecular complexity index is 695. The van der Waals surface area contributed by atoms with Crippen LogP contribution in [-0.2, 0) is 11.2 Å². The van der Waals surface area contributed by atoms with Gasteiger partial charge in [-0.25, -0.2) is 9.67 Å². The number of halogens is 1. The lowest BCUT2D eigenvalue weighted by atomic mass is 10.1. The number of amides is 1. The molecule has 1 aliphatic heterocycles. The first-order valence-corrected chi connectivity index (χ1v) is 8.16. The van der Waals surface area contributed by atoms with Crippen molar-refractivity contribution in [3.8, 4) is 5.69 Å². The van der Waals surface area contributed by atoms with Gasteiger partial charge < -0.3 is 10.1 Å². The van der Waals surface area contributed by atoms with Crippen LogP contribution in [0.1, 0.15) is 36.2 Å². The zero-order valence-electron chi connectivity index (χ0n) is 13.0. The minimum Gasteiger partial charge on any atom is -0.381 e. The van der Waals surface area contributed by atoms with Gasteiger partial charge in [-0.15, -0.1) is 5.10 Å². The molecule has 0 radical (unpaired) electrons. The van der Waals surface area contributed by atoms with Crippen LogP contribution in [0.15, 0.2) is 24.3 Å². The van der Waals surface area contributed by atoms with Crippen molar-refractivity contribution >= 4 is 17.5 Å². The molecule has 6 nitrogen and oxygen atoms in total. The Kier molecular flexibility index (Phi) is 4.93. The second-order valence-corrected chi connectivity index (χ2v) is 5.84. The van der Waals surface area contributed by atoms with E-state index >= 15 is 0 Å². The van der Waals surface area contributed by atoms with Crippen LogP contribution in [0.3, 0.4) is 0 Å². The maximum Gasteiger partial charge on any atom is 0.291 e. The number of aryl methyl sites for hydroxylation is 1. The Hall–Kier alpha value is -1.92. The van der Waals surface area contributed by atoms with Gasteiger partial charge in [0.25, 0.3) is 5.91 Å². The first-order valence-electron chi connectivity index (χ1n) is 7.78. The van der Waals surface area contributed by atoms with E-state index in [9.17, 15) is 4.79 Å². The fourth-order valence-corrected chi connectivity index (χ4v) is 2.79. The van der Waals surface area contributed by atoms with Crippen LogP contribution in [0, 0.1) is 0 Å². The molecule has 0 unspecified atom stereocenters. The van der Waals surface area contributed by atoms with Crippen LogP contribution < -0.4 is 5.32 Å². The van der Waals surface area contributed by atoms with Crippen LogP contribution >= 0.6 is 11.6 Å². The zero-order chi connectivity index (χ0) is 16.2. The van der Waals surface area contributed by atoms with Crippen LogP contribution in [0.4, 0.5) is 0 Å². The average Bonchev–Trinajstić information content (AvgIpc) is 3.00. The van der Waals surface area contributed by atoms with Gasteiger partial charge in [0.15, 0.2) is 0 Å². The number of para-hydroxylation sites is 1. The molecule has 1 aliphatic rings. The topological polar surface area (TPSA) is 69.0 Å². The molecule has 1 aromatic carbocycles. The molecule has 1 fully saturated rings. The van der Waals surface area contributed by atoms with Gasteiger partial charge in [-0.2, -0.15) is 0 Å². The van der Waals surface area contributed by atoms with Crippen molar-refractivity contribution in [3.05, 3.63) is 40.9 Å². The molecule has 122 valence electrons. The van der Waals surface area contributed by atoms with E-state index in [-0.39, 0.29) is 17.8 Å². The largest absolute Gasteiger partial charge is 0.381 e. The first-order chi connectivity index (χ1) is 11.2. The molecule has 0 spiro atoms. The van der Waals surface area contributed by atoms with E-state index in [1.807, 2.05) is 25.1 Å². The molecule has 7 heteroatoms. The summed E-state index contributed by atoms with van der Waals surface area (Å²) in [7, 11) is 0. The highest BCUT2D eigenvalue weighted by atomic mass is 35.5. The number of hydrogen-bond acceptors (Lipinski definition) is 4. The van der Waals surface area contributed by atoms with Crippen LogP contribution in [0.2, 0.25) is 5.02 Å². The Balaban J connectivity index is 1.84. The van der Waals surface area contributed by atoms with Gasteiger partial charge in [0, 0.05) is 25.7 Å². The Morgan fingerprint density at radius 3 is 2.83 bits per heavy atom. The highest BCUT2D eigenvalue weighted by Crippen LogP contribution is 2.20. The second-order valence-electron chi connectivity index (χ2n) is 5.43. The lowest BCUT2D eigenvalue weighted by molar-refractivity contribution is 0.0691. The van der Waals surface area contributed by atoms with Gasteiger partial charge in [-0.1, -0.05) is 30.7 Å². The van der Waals surface area contributed by atoms with E-state index in [0.29, 0.717) is 30.5 Å². The number of nitrogens with one attached hydrogen (secondary N) is 1. The lowest BCUT2D eigenvalue weighted by Crippen LogP contribution is -2.39. The number of hydrogen-bond donors (Lipinski definition) is 1. The third kappa shape index (κ3) is 3.54. The molecule has 0 aliphatic carbocycles. The van der Waals surface area contributed by atoms with E-state index in [2.05, 4.69) is 15.4 Å². The summed E-state index contributed by atoms with van der Waals surface area (Å²) in [6, 6.07) is 7.50. The van der Waals surface area contributed by atoms with Crippen molar-refractivity contribution in [2.75, 3.05) is 13.2 Å². The van der Waals surface area contributed by atoms with E-state index in [1.165, 1.54) is 0 Å². The lowest BCUT2D eigenvalue weighted by Gasteiger charge is -2.22. The van der Waals surface area contributed by atoms with Gasteiger partial charge in [-0.05, 0) is 25.0 Å². The first kappa shape index (κ1) is 16.0. The number of carbonyl (C=O) groups is 1. The second kappa shape index (κ2) is 7.10. The standard InChI is InChI=1S/C16H19ClN4O2/c1-2-14-19-15(16(22)18-11-7-9-23-10-8-11)20-21(14)13-6-4-3-5-12(13)17/h3-6,11H,2,7-10H2,1H3,(H,18,22). The quantitative estimate of drug-likeness (QED) is 0.932. The number of nitrogens with zero attached hydrogens (tertiary/aromatic N) is 3. The van der Waals surface area contributed by atoms with Crippen LogP contribution in [0.5, 0.6) is 0 Å². The number of benzene rings is 1. The number of aromatic nitrogens is 3. The van der Waals surface area contributed by atoms with Crippen LogP contribution in [0.25, 0.3) is 5.69 Å². The van der Waals surface area contributed by atoms with Gasteiger partial charge in [-0.3, -0.25) is 4.79 Å². The van der Waals surface area contributed by atoms with Gasteiger partial charge in [0.2, 0.25) is 5.82 Å². The third-order valence-electron chi connectivity index (χ3n) is 3.83. The van der Waals surface area contributed by atoms with Crippen molar-refractivity contribution in [3.63, 3.8) is 0 Å². The minimum absolute atomic E-state index is 0.119. The van der Waals surface area contributed by atoms with Crippen molar-refractivity contribution in [1.82, 2.24) is 20.1 Å². The summed E-state index contributed by atoms with van der Waals surface area (Å²) >= 11 is 6.23. The molecule has 2 heterocycles. The van der Waals surface area contributed by atoms with Gasteiger partial charge in [0.05, 0.1) is 10.7 Å². The molecule has 0 saturated carbocycles. The van der Waals surface area contributed by atoms with E-state index in [0.717, 1.165) is 18.5 Å². The molecule has 23 heavy (non-hydrogen) atoms. The normalized spacial score (nSPS) is 15.6. The van der Waals surface area contributed by atoms with E-state index < -0.39 is 0 Å². The molecule has 1 amide bonds. The molecule has 0 atom stereocenters. The zero-order valence-corrected chi connectivity index (χ0v) is 13.7. The van der Waals surface area contributed by atoms with Crippen LogP contribution in [-0.4, -0.2) is 39.9 Å². The SMILES string of the molecule is CCc1nc(C(=O)NC2CCOCC2)nn1-c1ccccc1Cl. The summed E-state index contributed by atoms with van der Waals surface area (Å²) in [5.74, 6) is 0.626. The summed E-state index contributed by atoms with van der Waals surface area (Å²) in [4.78, 5) is 16.7. The maximum atomic E-state index is 12.4. The Morgan fingerprint density at radius 2 is 2.13 bits per heavy atom. The summed E-state index contributed by atoms with van der Waals surface area (Å²) in [5, 5.41) is 7.90. The number of carbonyl (C=O) groups excluding carboxylic acids is 1. The molecule has 1 saturated heterocycles. The molecule has 3 rings (SSSR count). The van der Waals surface area contributed by atoms with Crippen molar-refractivity contribution in [2.24, 2.45) is 0 Å². The molecular formula is C16H19ClN4O2. The summed E-state index contributed by atoms with van der Waals surface area (Å²) < 4.78 is 6.94. The van der Waals surface area contributed by atoms with Crippen molar-refractivity contribution in [2.45, 2.75) is 32.2 Å². The minimum atomic E-state index is -0.252. The predicted octanol–water partition coefficient (Wildman–Crippen LogP) is 2.39. The fraction of sp³-hybridized carbons (Fsp3) is 0.438. The number of ether oxygens (including phenoxy) is 1. The van der Waals surface area contributed by atoms with Gasteiger partial charge >= 0.3 is 0 Å². The molecular weight excluding hydrogens is 316 g/mol. The Labute approximate surface area is 139 Å². The predicted molar refractivity (Wildman–Crippen MR) is 87.1 cm³/mol. The van der Waals surface area contributed by atoms with E-state index in [4.69, 9.17) is 16.3 Å². The fourth-order valence-electron chi connectivity index (χ4n) is 2.58. The third-order valence-corrected chi connectivity index (χ3v) is 4.15. The molecule has 1 aromatic heterocycles. The monoisotopic (exact) mass is 334 g/mol. The average molecular weight is 335 g/mol. The molecule has 2 aromatic rings. The molecule has 0 bridgehead atoms. The smallest absolute Gasteiger partial charge is 0.291 e. The highest BCUT2D eigenvalue weighted by molar-refractivity contribution is 6.32. The van der Waals surface area contributed by atoms with Gasteiger partial charge in [0.1, 0.15) is 5.82 Å². The van der Waals surface area contributed by atoms with Crippen molar-refractivity contribution < 1.29 is 9.53 Å². The summed E-state index contributed by atoms with van der Waals surface area (Å²) in [5.41, 5.74) is 0.726.